The predicted octanol–water partition coefficient (Wildman–Crippen LogP) is -1.59. The molecule has 0 radical (unpaired) electrons. The smallest absolute Gasteiger partial charge is 0.187 e. The average molecular weight is 412 g/mol. The maximum Gasteiger partial charge on any atom is 0.187 e. The largest absolute Gasteiger partial charge is 0.387 e. The second-order valence-electron chi connectivity index (χ2n) is 7.66. The Morgan fingerprint density at radius 2 is 1.52 bits per heavy atom. The highest BCUT2D eigenvalue weighted by Crippen LogP contribution is 2.36. The zero-order chi connectivity index (χ0) is 20.1. The highest BCUT2D eigenvalue weighted by Gasteiger charge is 2.54. The highest BCUT2D eigenvalue weighted by atomic mass is 16.8. The number of aliphatic hydroxyl groups excluding tert-OH is 4. The van der Waals surface area contributed by atoms with Crippen molar-refractivity contribution in [3.05, 3.63) is 35.9 Å². The molecule has 0 saturated carbocycles. The molecule has 1 aromatic rings. The molecule has 11 atom stereocenters. The van der Waals surface area contributed by atoms with Gasteiger partial charge in [0.1, 0.15) is 48.8 Å². The molecule has 0 amide bonds. The lowest BCUT2D eigenvalue weighted by Gasteiger charge is -2.47. The van der Waals surface area contributed by atoms with E-state index in [0.29, 0.717) is 0 Å². The van der Waals surface area contributed by atoms with Crippen LogP contribution in [0.2, 0.25) is 0 Å². The zero-order valence-corrected chi connectivity index (χ0v) is 15.4. The Morgan fingerprint density at radius 3 is 2.31 bits per heavy atom. The van der Waals surface area contributed by atoms with Crippen LogP contribution < -0.4 is 0 Å². The van der Waals surface area contributed by atoms with Gasteiger partial charge >= 0.3 is 0 Å². The summed E-state index contributed by atoms with van der Waals surface area (Å²) in [4.78, 5) is 0. The molecule has 160 valence electrons. The van der Waals surface area contributed by atoms with E-state index in [1.807, 2.05) is 30.3 Å². The number of rotatable bonds is 3. The van der Waals surface area contributed by atoms with Crippen LogP contribution >= 0.6 is 0 Å². The van der Waals surface area contributed by atoms with Crippen LogP contribution in [0.5, 0.6) is 0 Å². The van der Waals surface area contributed by atoms with Crippen LogP contribution in [0.15, 0.2) is 30.3 Å². The number of fused-ring (bicyclic) bond motifs is 3. The number of hydrogen-bond acceptors (Lipinski definition) is 10. The summed E-state index contributed by atoms with van der Waals surface area (Å²) in [6.07, 6.45) is -11.3. The second-order valence-corrected chi connectivity index (χ2v) is 7.66. The lowest BCUT2D eigenvalue weighted by atomic mass is 9.97. The summed E-state index contributed by atoms with van der Waals surface area (Å²) in [6.45, 7) is 0.251. The number of aliphatic hydroxyl groups is 4. The summed E-state index contributed by atoms with van der Waals surface area (Å²) in [5.74, 6) is 0. The summed E-state index contributed by atoms with van der Waals surface area (Å²) < 4.78 is 33.8. The first-order valence-electron chi connectivity index (χ1n) is 9.65. The first kappa shape index (κ1) is 19.8. The summed E-state index contributed by atoms with van der Waals surface area (Å²) in [5.41, 5.74) is 0.790. The van der Waals surface area contributed by atoms with E-state index in [9.17, 15) is 20.4 Å². The molecule has 4 heterocycles. The van der Waals surface area contributed by atoms with Gasteiger partial charge in [0, 0.05) is 5.56 Å². The summed E-state index contributed by atoms with van der Waals surface area (Å²) in [6, 6.07) is 9.26. The van der Waals surface area contributed by atoms with Gasteiger partial charge < -0.3 is 48.8 Å². The number of ether oxygens (including phenoxy) is 6. The van der Waals surface area contributed by atoms with Gasteiger partial charge in [0.2, 0.25) is 0 Å². The van der Waals surface area contributed by atoms with Crippen LogP contribution in [0.1, 0.15) is 11.9 Å². The van der Waals surface area contributed by atoms with Crippen LogP contribution in [0.4, 0.5) is 0 Å². The molecule has 10 heteroatoms. The maximum atomic E-state index is 10.6. The van der Waals surface area contributed by atoms with Crippen molar-refractivity contribution >= 4 is 0 Å². The van der Waals surface area contributed by atoms with Crippen LogP contribution in [0.25, 0.3) is 0 Å². The van der Waals surface area contributed by atoms with Gasteiger partial charge in [-0.3, -0.25) is 0 Å². The molecular weight excluding hydrogens is 388 g/mol. The minimum absolute atomic E-state index is 0.120. The minimum Gasteiger partial charge on any atom is -0.387 e. The quantitative estimate of drug-likeness (QED) is 0.460. The van der Waals surface area contributed by atoms with E-state index in [2.05, 4.69) is 0 Å². The molecular formula is C19H24O10. The van der Waals surface area contributed by atoms with Gasteiger partial charge in [-0.2, -0.15) is 0 Å². The molecule has 4 fully saturated rings. The van der Waals surface area contributed by atoms with E-state index in [4.69, 9.17) is 28.4 Å². The molecule has 29 heavy (non-hydrogen) atoms. The van der Waals surface area contributed by atoms with Crippen molar-refractivity contribution in [2.75, 3.05) is 13.2 Å². The third-order valence-corrected chi connectivity index (χ3v) is 5.76. The summed E-state index contributed by atoms with van der Waals surface area (Å²) in [7, 11) is 0. The van der Waals surface area contributed by atoms with Gasteiger partial charge in [-0.1, -0.05) is 30.3 Å². The van der Waals surface area contributed by atoms with Crippen LogP contribution in [0.3, 0.4) is 0 Å². The van der Waals surface area contributed by atoms with E-state index < -0.39 is 67.7 Å². The molecule has 0 aromatic heterocycles. The van der Waals surface area contributed by atoms with Crippen molar-refractivity contribution in [2.45, 2.75) is 67.7 Å². The fourth-order valence-electron chi connectivity index (χ4n) is 4.16. The lowest BCUT2D eigenvalue weighted by Crippen LogP contribution is -2.64. The Hall–Kier alpha value is -1.18. The normalized spacial score (nSPS) is 49.6. The van der Waals surface area contributed by atoms with Gasteiger partial charge in [0.25, 0.3) is 0 Å². The van der Waals surface area contributed by atoms with E-state index in [-0.39, 0.29) is 13.2 Å². The van der Waals surface area contributed by atoms with Crippen molar-refractivity contribution in [1.29, 1.82) is 0 Å². The Bertz CT molecular complexity index is 701. The van der Waals surface area contributed by atoms with E-state index >= 15 is 0 Å². The van der Waals surface area contributed by atoms with E-state index in [0.717, 1.165) is 5.56 Å². The third kappa shape index (κ3) is 3.49. The second kappa shape index (κ2) is 7.82. The molecule has 4 aliphatic heterocycles. The molecule has 0 aliphatic carbocycles. The standard InChI is InChI=1S/C19H24O10/c20-11-13(22)18-25-7-9(26-18)16(11)29-19-14(23)12(21)15-10(27-19)6-24-17(28-15)8-4-2-1-3-5-8/h1-5,9-23H,6-7H2/t9?,10?,11?,12?,13?,14?,15-,16-,17?,18-,19+/m1/s1. The van der Waals surface area contributed by atoms with Gasteiger partial charge in [-0.25, -0.2) is 0 Å². The molecule has 5 rings (SSSR count). The fraction of sp³-hybridized carbons (Fsp3) is 0.684. The lowest BCUT2D eigenvalue weighted by molar-refractivity contribution is -0.376. The van der Waals surface area contributed by atoms with Gasteiger partial charge in [0.15, 0.2) is 18.9 Å². The van der Waals surface area contributed by atoms with Crippen LogP contribution in [-0.2, 0) is 28.4 Å². The highest BCUT2D eigenvalue weighted by molar-refractivity contribution is 5.16. The van der Waals surface area contributed by atoms with Crippen molar-refractivity contribution in [3.63, 3.8) is 0 Å². The molecule has 0 spiro atoms. The first-order valence-corrected chi connectivity index (χ1v) is 9.65. The predicted molar refractivity (Wildman–Crippen MR) is 92.2 cm³/mol. The fourth-order valence-corrected chi connectivity index (χ4v) is 4.16. The molecule has 4 N–H and O–H groups in total. The number of hydrogen-bond donors (Lipinski definition) is 4. The Morgan fingerprint density at radius 1 is 0.759 bits per heavy atom. The summed E-state index contributed by atoms with van der Waals surface area (Å²) >= 11 is 0. The summed E-state index contributed by atoms with van der Waals surface area (Å²) in [5, 5.41) is 41.5. The molecule has 1 aromatic carbocycles. The molecule has 4 saturated heterocycles. The first-order chi connectivity index (χ1) is 14.0. The van der Waals surface area contributed by atoms with Gasteiger partial charge in [0.05, 0.1) is 13.2 Å². The third-order valence-electron chi connectivity index (χ3n) is 5.76. The topological polar surface area (TPSA) is 136 Å². The molecule has 4 aliphatic rings. The van der Waals surface area contributed by atoms with Crippen molar-refractivity contribution < 1.29 is 48.8 Å². The van der Waals surface area contributed by atoms with Crippen molar-refractivity contribution in [2.24, 2.45) is 0 Å². The molecule has 2 bridgehead atoms. The SMILES string of the molecule is OC1C(O)[C@@H]2OC(c3ccccc3)OCC2O[C@H]1O[C@@H]1C2CO[C@H](O2)C(O)C1O. The Labute approximate surface area is 166 Å². The molecule has 10 nitrogen and oxygen atoms in total. The molecule has 7 unspecified atom stereocenters. The Balaban J connectivity index is 1.27. The van der Waals surface area contributed by atoms with Crippen molar-refractivity contribution in [3.8, 4) is 0 Å². The van der Waals surface area contributed by atoms with Crippen molar-refractivity contribution in [1.82, 2.24) is 0 Å². The zero-order valence-electron chi connectivity index (χ0n) is 15.4. The average Bonchev–Trinajstić information content (AvgIpc) is 3.20. The minimum atomic E-state index is -1.44. The monoisotopic (exact) mass is 412 g/mol. The Kier molecular flexibility index (Phi) is 5.33. The van der Waals surface area contributed by atoms with Gasteiger partial charge in [-0.15, -0.1) is 0 Å². The van der Waals surface area contributed by atoms with Gasteiger partial charge in [-0.05, 0) is 0 Å². The van der Waals surface area contributed by atoms with E-state index in [1.54, 1.807) is 0 Å². The van der Waals surface area contributed by atoms with E-state index in [1.165, 1.54) is 0 Å². The van der Waals surface area contributed by atoms with Crippen LogP contribution in [0, 0.1) is 0 Å². The maximum absolute atomic E-state index is 10.6. The van der Waals surface area contributed by atoms with Crippen LogP contribution in [-0.4, -0.2) is 95.1 Å². The number of benzene rings is 1.